The Bertz CT molecular complexity index is 1300. The van der Waals surface area contributed by atoms with Crippen molar-refractivity contribution in [1.82, 2.24) is 14.6 Å². The van der Waals surface area contributed by atoms with Crippen molar-refractivity contribution in [2.75, 3.05) is 25.6 Å². The number of alkyl halides is 2. The molecule has 1 aromatic heterocycles. The van der Waals surface area contributed by atoms with Gasteiger partial charge in [-0.2, -0.15) is 10.1 Å². The number of nitrogen functional groups attached to an aromatic ring is 1. The molecule has 0 saturated carbocycles. The Morgan fingerprint density at radius 3 is 2.51 bits per heavy atom. The molecule has 16 heteroatoms. The van der Waals surface area contributed by atoms with Crippen molar-refractivity contribution in [3.8, 4) is 5.75 Å². The summed E-state index contributed by atoms with van der Waals surface area (Å²) >= 11 is 0. The van der Waals surface area contributed by atoms with Gasteiger partial charge in [0.1, 0.15) is 17.6 Å². The number of esters is 2. The van der Waals surface area contributed by atoms with Gasteiger partial charge in [0.15, 0.2) is 0 Å². The van der Waals surface area contributed by atoms with E-state index in [4.69, 9.17) is 29.0 Å². The Morgan fingerprint density at radius 2 is 1.88 bits per heavy atom. The number of benzene rings is 1. The zero-order chi connectivity index (χ0) is 30.2. The molecule has 41 heavy (non-hydrogen) atoms. The Hall–Kier alpha value is -3.39. The minimum atomic E-state index is -4.50. The summed E-state index contributed by atoms with van der Waals surface area (Å²) in [5, 5.41) is 2.49. The van der Waals surface area contributed by atoms with E-state index in [-0.39, 0.29) is 37.6 Å². The summed E-state index contributed by atoms with van der Waals surface area (Å²) < 4.78 is 71.5. The molecule has 0 radical (unpaired) electrons. The molecule has 0 spiro atoms. The van der Waals surface area contributed by atoms with Gasteiger partial charge in [-0.1, -0.05) is 25.1 Å². The van der Waals surface area contributed by atoms with E-state index in [0.29, 0.717) is 4.57 Å². The predicted molar refractivity (Wildman–Crippen MR) is 141 cm³/mol. The van der Waals surface area contributed by atoms with Gasteiger partial charge in [0.2, 0.25) is 6.23 Å². The van der Waals surface area contributed by atoms with Crippen molar-refractivity contribution in [3.05, 3.63) is 53.1 Å². The quantitative estimate of drug-likeness (QED) is 0.240. The number of ether oxygens (including phenoxy) is 3. The molecule has 1 aromatic carbocycles. The third-order valence-corrected chi connectivity index (χ3v) is 7.68. The molecule has 2 unspecified atom stereocenters. The fourth-order valence-electron chi connectivity index (χ4n) is 3.93. The number of halogens is 2. The number of aromatic nitrogens is 2. The molecule has 0 bridgehead atoms. The lowest BCUT2D eigenvalue weighted by Gasteiger charge is -2.26. The molecule has 0 aliphatic carbocycles. The van der Waals surface area contributed by atoms with Crippen LogP contribution in [0.2, 0.25) is 0 Å². The maximum atomic E-state index is 15.2. The second-order valence-corrected chi connectivity index (χ2v) is 10.7. The normalized spacial score (nSPS) is 21.9. The molecular formula is C25H33F2N4O9P. The largest absolute Gasteiger partial charge is 0.466 e. The molecule has 226 valence electrons. The molecular weight excluding hydrogens is 569 g/mol. The third kappa shape index (κ3) is 8.32. The Morgan fingerprint density at radius 1 is 1.20 bits per heavy atom. The van der Waals surface area contributed by atoms with Crippen LogP contribution >= 0.6 is 7.75 Å². The highest BCUT2D eigenvalue weighted by atomic mass is 31.2. The van der Waals surface area contributed by atoms with E-state index in [9.17, 15) is 18.9 Å². The molecule has 1 aliphatic heterocycles. The van der Waals surface area contributed by atoms with Crippen LogP contribution in [-0.2, 0) is 32.9 Å². The van der Waals surface area contributed by atoms with Gasteiger partial charge in [0.25, 0.3) is 5.92 Å². The van der Waals surface area contributed by atoms with Gasteiger partial charge in [-0.25, -0.2) is 18.1 Å². The molecule has 1 aliphatic rings. The Kier molecular flexibility index (Phi) is 11.0. The standard InChI is InChI=1S/C25H33F2N4O9P/c1-4-36-21(32)12-11-18(22(33)37-5-2)30-41(35,40-17-9-7-6-8-10-17)38-15-19-16(3)25(26,27)23(39-19)31-14-13-20(28)29-24(31)34/h6-10,13-14,16,18-19,23H,4-5,11-12,15H2,1-3H3,(H,30,35)(H2,28,29,34)/t16?,18-,19+,23+,41?/m0/s1. The van der Waals surface area contributed by atoms with Crippen LogP contribution in [0.5, 0.6) is 5.75 Å². The highest BCUT2D eigenvalue weighted by Crippen LogP contribution is 2.50. The SMILES string of the molecule is CCOC(=O)CC[C@H](NP(=O)(OC[C@H]1O[C@@H](n2ccc(N)nc2=O)C(F)(F)C1C)Oc1ccccc1)C(=O)OCC. The molecule has 13 nitrogen and oxygen atoms in total. The average molecular weight is 603 g/mol. The molecule has 3 rings (SSSR count). The van der Waals surface area contributed by atoms with E-state index in [1.165, 1.54) is 25.1 Å². The number of carbonyl (C=O) groups excluding carboxylic acids is 2. The van der Waals surface area contributed by atoms with Gasteiger partial charge in [-0.15, -0.1) is 0 Å². The molecule has 5 atom stereocenters. The number of anilines is 1. The molecule has 1 saturated heterocycles. The highest BCUT2D eigenvalue weighted by molar-refractivity contribution is 7.52. The number of hydrogen-bond acceptors (Lipinski definition) is 11. The van der Waals surface area contributed by atoms with Gasteiger partial charge < -0.3 is 24.5 Å². The summed E-state index contributed by atoms with van der Waals surface area (Å²) in [4.78, 5) is 40.2. The third-order valence-electron chi connectivity index (χ3n) is 6.11. The van der Waals surface area contributed by atoms with Crippen molar-refractivity contribution in [1.29, 1.82) is 0 Å². The first-order valence-electron chi connectivity index (χ1n) is 12.9. The average Bonchev–Trinajstić information content (AvgIpc) is 3.14. The smallest absolute Gasteiger partial charge is 0.459 e. The lowest BCUT2D eigenvalue weighted by Crippen LogP contribution is -2.39. The summed E-state index contributed by atoms with van der Waals surface area (Å²) in [6.45, 7) is 3.79. The topological polar surface area (TPSA) is 170 Å². The van der Waals surface area contributed by atoms with Crippen molar-refractivity contribution < 1.29 is 46.2 Å². The monoisotopic (exact) mass is 602 g/mol. The van der Waals surface area contributed by atoms with E-state index >= 15 is 8.78 Å². The maximum Gasteiger partial charge on any atom is 0.459 e. The summed E-state index contributed by atoms with van der Waals surface area (Å²) in [6, 6.07) is 7.63. The molecule has 2 heterocycles. The molecule has 2 aromatic rings. The van der Waals surface area contributed by atoms with Crippen LogP contribution in [-0.4, -0.2) is 59.4 Å². The van der Waals surface area contributed by atoms with Crippen molar-refractivity contribution in [3.63, 3.8) is 0 Å². The van der Waals surface area contributed by atoms with Gasteiger partial charge in [0.05, 0.1) is 31.8 Å². The van der Waals surface area contributed by atoms with E-state index in [2.05, 4.69) is 10.1 Å². The first-order valence-corrected chi connectivity index (χ1v) is 14.4. The number of carbonyl (C=O) groups is 2. The highest BCUT2D eigenvalue weighted by Gasteiger charge is 2.58. The van der Waals surface area contributed by atoms with Crippen LogP contribution in [0.15, 0.2) is 47.4 Å². The van der Waals surface area contributed by atoms with Crippen LogP contribution in [0.3, 0.4) is 0 Å². The zero-order valence-electron chi connectivity index (χ0n) is 22.7. The van der Waals surface area contributed by atoms with Gasteiger partial charge in [-0.3, -0.25) is 18.7 Å². The summed E-state index contributed by atoms with van der Waals surface area (Å²) in [5.74, 6) is -6.57. The fraction of sp³-hybridized carbons (Fsp3) is 0.520. The minimum absolute atomic E-state index is 0.00954. The second-order valence-electron chi connectivity index (χ2n) is 9.01. The zero-order valence-corrected chi connectivity index (χ0v) is 23.6. The number of para-hydroxylation sites is 1. The van der Waals surface area contributed by atoms with E-state index in [0.717, 1.165) is 6.20 Å². The number of nitrogens with one attached hydrogen (secondary N) is 1. The fourth-order valence-corrected chi connectivity index (χ4v) is 5.47. The molecule has 0 amide bonds. The van der Waals surface area contributed by atoms with Crippen LogP contribution < -0.4 is 21.0 Å². The summed E-state index contributed by atoms with van der Waals surface area (Å²) in [5.41, 5.74) is 4.42. The van der Waals surface area contributed by atoms with E-state index in [1.807, 2.05) is 0 Å². The Balaban J connectivity index is 1.84. The number of hydrogen-bond donors (Lipinski definition) is 2. The molecule has 1 fully saturated rings. The van der Waals surface area contributed by atoms with Crippen molar-refractivity contribution in [2.24, 2.45) is 5.92 Å². The Labute approximate surface area is 234 Å². The van der Waals surface area contributed by atoms with E-state index in [1.54, 1.807) is 32.0 Å². The number of nitrogens with zero attached hydrogens (tertiary/aromatic N) is 2. The maximum absolute atomic E-state index is 15.2. The van der Waals surface area contributed by atoms with Crippen LogP contribution in [0.1, 0.15) is 39.8 Å². The van der Waals surface area contributed by atoms with Gasteiger partial charge in [0, 0.05) is 12.6 Å². The predicted octanol–water partition coefficient (Wildman–Crippen LogP) is 3.06. The molecule has 3 N–H and O–H groups in total. The van der Waals surface area contributed by atoms with Gasteiger partial charge >= 0.3 is 25.4 Å². The first kappa shape index (κ1) is 32.1. The lowest BCUT2D eigenvalue weighted by molar-refractivity contribution is -0.146. The van der Waals surface area contributed by atoms with Gasteiger partial charge in [-0.05, 0) is 38.5 Å². The van der Waals surface area contributed by atoms with Crippen molar-refractivity contribution in [2.45, 2.75) is 57.9 Å². The van der Waals surface area contributed by atoms with Crippen molar-refractivity contribution >= 4 is 25.5 Å². The summed E-state index contributed by atoms with van der Waals surface area (Å²) in [6.07, 6.45) is -2.78. The minimum Gasteiger partial charge on any atom is -0.466 e. The second kappa shape index (κ2) is 14.0. The number of rotatable bonds is 14. The first-order chi connectivity index (χ1) is 19.4. The van der Waals surface area contributed by atoms with Crippen LogP contribution in [0, 0.1) is 5.92 Å². The lowest BCUT2D eigenvalue weighted by atomic mass is 10.00. The summed E-state index contributed by atoms with van der Waals surface area (Å²) in [7, 11) is -4.50. The number of nitrogens with two attached hydrogens (primary N) is 1. The van der Waals surface area contributed by atoms with Crippen LogP contribution in [0.25, 0.3) is 0 Å². The van der Waals surface area contributed by atoms with Crippen LogP contribution in [0.4, 0.5) is 14.6 Å². The van der Waals surface area contributed by atoms with E-state index < -0.39 is 62.2 Å².